The largest absolute Gasteiger partial charge is 0.494 e. The van der Waals surface area contributed by atoms with Gasteiger partial charge in [-0.05, 0) is 109 Å². The lowest BCUT2D eigenvalue weighted by Crippen LogP contribution is -2.14. The van der Waals surface area contributed by atoms with Crippen LogP contribution in [0.1, 0.15) is 126 Å². The van der Waals surface area contributed by atoms with Crippen LogP contribution >= 0.6 is 0 Å². The van der Waals surface area contributed by atoms with Crippen LogP contribution in [0.2, 0.25) is 0 Å². The Balaban J connectivity index is 1.57. The lowest BCUT2D eigenvalue weighted by Gasteiger charge is -2.16. The molecule has 0 spiro atoms. The van der Waals surface area contributed by atoms with E-state index in [0.717, 1.165) is 57.3 Å². The van der Waals surface area contributed by atoms with E-state index in [1.807, 2.05) is 13.8 Å². The molecule has 0 aromatic heterocycles. The first kappa shape index (κ1) is 29.0. The molecule has 0 amide bonds. The topological polar surface area (TPSA) is 35.5 Å². The molecule has 0 aliphatic heterocycles. The van der Waals surface area contributed by atoms with Crippen LogP contribution in [-0.2, 0) is 16.0 Å². The summed E-state index contributed by atoms with van der Waals surface area (Å²) >= 11 is 0. The molecule has 3 rings (SSSR count). The van der Waals surface area contributed by atoms with Gasteiger partial charge >= 0.3 is 5.97 Å². The Bertz CT molecular complexity index is 1020. The van der Waals surface area contributed by atoms with Crippen molar-refractivity contribution < 1.29 is 14.3 Å². The molecule has 0 radical (unpaired) electrons. The van der Waals surface area contributed by atoms with Crippen molar-refractivity contribution in [3.8, 4) is 5.75 Å². The molecule has 1 unspecified atom stereocenters. The van der Waals surface area contributed by atoms with Crippen molar-refractivity contribution in [3.05, 3.63) is 64.2 Å². The van der Waals surface area contributed by atoms with Gasteiger partial charge in [-0.3, -0.25) is 4.79 Å². The lowest BCUT2D eigenvalue weighted by molar-refractivity contribution is -0.148. The number of hydrogen-bond acceptors (Lipinski definition) is 3. The fourth-order valence-electron chi connectivity index (χ4n) is 4.74. The highest BCUT2D eigenvalue weighted by molar-refractivity contribution is 5.84. The quantitative estimate of drug-likeness (QED) is 0.201. The van der Waals surface area contributed by atoms with E-state index in [1.54, 1.807) is 0 Å². The van der Waals surface area contributed by atoms with Crippen molar-refractivity contribution >= 4 is 17.6 Å². The molecule has 37 heavy (non-hydrogen) atoms. The predicted octanol–water partition coefficient (Wildman–Crippen LogP) is 9.34. The van der Waals surface area contributed by atoms with Gasteiger partial charge < -0.3 is 9.47 Å². The number of aryl methyl sites for hydroxylation is 1. The van der Waals surface area contributed by atoms with Gasteiger partial charge in [0.25, 0.3) is 0 Å². The van der Waals surface area contributed by atoms with Crippen molar-refractivity contribution in [2.24, 2.45) is 5.92 Å². The van der Waals surface area contributed by atoms with Crippen LogP contribution in [0.25, 0.3) is 11.6 Å². The van der Waals surface area contributed by atoms with Crippen LogP contribution in [0.4, 0.5) is 0 Å². The van der Waals surface area contributed by atoms with E-state index < -0.39 is 0 Å². The zero-order valence-electron chi connectivity index (χ0n) is 24.1. The SMILES string of the molecule is CCC(C)C(=O)OCCCCCCOc1ccc2c(c1)C=C(c1cc(C(C)C)cc(C(C)C)c1)CCC2. The number of carbonyl (C=O) groups excluding carboxylic acids is 1. The smallest absolute Gasteiger partial charge is 0.308 e. The molecule has 1 aliphatic carbocycles. The predicted molar refractivity (Wildman–Crippen MR) is 156 cm³/mol. The highest BCUT2D eigenvalue weighted by Gasteiger charge is 2.15. The summed E-state index contributed by atoms with van der Waals surface area (Å²) in [5, 5.41) is 0. The summed E-state index contributed by atoms with van der Waals surface area (Å²) in [6.45, 7) is 14.3. The number of ether oxygens (including phenoxy) is 2. The highest BCUT2D eigenvalue weighted by atomic mass is 16.5. The van der Waals surface area contributed by atoms with Crippen molar-refractivity contribution in [3.63, 3.8) is 0 Å². The summed E-state index contributed by atoms with van der Waals surface area (Å²) in [7, 11) is 0. The third-order valence-electron chi connectivity index (χ3n) is 7.59. The summed E-state index contributed by atoms with van der Waals surface area (Å²) in [5.74, 6) is 1.94. The lowest BCUT2D eigenvalue weighted by atomic mass is 9.89. The Kier molecular flexibility index (Phi) is 11.3. The third-order valence-corrected chi connectivity index (χ3v) is 7.59. The summed E-state index contributed by atoms with van der Waals surface area (Å²) in [4.78, 5) is 11.7. The Morgan fingerprint density at radius 1 is 0.838 bits per heavy atom. The van der Waals surface area contributed by atoms with Crippen molar-refractivity contribution in [2.45, 2.75) is 105 Å². The van der Waals surface area contributed by atoms with E-state index in [1.165, 1.54) is 39.8 Å². The van der Waals surface area contributed by atoms with Gasteiger partial charge in [-0.25, -0.2) is 0 Å². The Hall–Kier alpha value is -2.55. The molecule has 0 fully saturated rings. The van der Waals surface area contributed by atoms with Crippen LogP contribution in [0.3, 0.4) is 0 Å². The number of hydrogen-bond donors (Lipinski definition) is 0. The molecule has 2 aromatic rings. The molecule has 3 nitrogen and oxygen atoms in total. The molecular weight excluding hydrogens is 456 g/mol. The molecule has 0 saturated heterocycles. The second-order valence-corrected chi connectivity index (χ2v) is 11.3. The number of rotatable bonds is 13. The van der Waals surface area contributed by atoms with E-state index in [4.69, 9.17) is 9.47 Å². The zero-order valence-corrected chi connectivity index (χ0v) is 24.1. The molecule has 2 aromatic carbocycles. The first-order valence-electron chi connectivity index (χ1n) is 14.6. The Morgan fingerprint density at radius 3 is 2.16 bits per heavy atom. The van der Waals surface area contributed by atoms with Crippen LogP contribution < -0.4 is 4.74 Å². The molecule has 3 heteroatoms. The standard InChI is InChI=1S/C34H48O3/c1-7-26(6)34(35)37-18-11-9-8-10-17-36-33-16-15-27-13-12-14-28(19-32(27)23-33)31-21-29(24(2)3)20-30(22-31)25(4)5/h15-16,19-26H,7-14,17-18H2,1-6H3. The van der Waals surface area contributed by atoms with Gasteiger partial charge in [-0.15, -0.1) is 0 Å². The summed E-state index contributed by atoms with van der Waals surface area (Å²) in [6, 6.07) is 13.8. The second-order valence-electron chi connectivity index (χ2n) is 11.3. The monoisotopic (exact) mass is 504 g/mol. The van der Waals surface area contributed by atoms with Crippen LogP contribution in [0.5, 0.6) is 5.75 Å². The highest BCUT2D eigenvalue weighted by Crippen LogP contribution is 2.34. The number of fused-ring (bicyclic) bond motifs is 1. The molecule has 1 aliphatic rings. The van der Waals surface area contributed by atoms with E-state index in [2.05, 4.69) is 70.2 Å². The minimum atomic E-state index is -0.0701. The minimum absolute atomic E-state index is 0.00274. The molecule has 0 N–H and O–H groups in total. The molecular formula is C34H48O3. The molecule has 0 saturated carbocycles. The number of esters is 1. The number of allylic oxidation sites excluding steroid dienone is 1. The van der Waals surface area contributed by atoms with Crippen molar-refractivity contribution in [1.82, 2.24) is 0 Å². The van der Waals surface area contributed by atoms with E-state index in [0.29, 0.717) is 18.4 Å². The Labute approximate surface area is 225 Å². The maximum absolute atomic E-state index is 11.7. The minimum Gasteiger partial charge on any atom is -0.494 e. The summed E-state index contributed by atoms with van der Waals surface area (Å²) in [5.41, 5.74) is 8.39. The van der Waals surface area contributed by atoms with Crippen LogP contribution in [0, 0.1) is 5.92 Å². The third kappa shape index (κ3) is 8.76. The molecule has 0 heterocycles. The summed E-state index contributed by atoms with van der Waals surface area (Å²) < 4.78 is 11.5. The van der Waals surface area contributed by atoms with Gasteiger partial charge in [-0.2, -0.15) is 0 Å². The van der Waals surface area contributed by atoms with Crippen LogP contribution in [0.15, 0.2) is 36.4 Å². The zero-order chi connectivity index (χ0) is 26.8. The average molecular weight is 505 g/mol. The van der Waals surface area contributed by atoms with E-state index >= 15 is 0 Å². The first-order valence-corrected chi connectivity index (χ1v) is 14.6. The fourth-order valence-corrected chi connectivity index (χ4v) is 4.74. The summed E-state index contributed by atoms with van der Waals surface area (Å²) in [6.07, 6.45) is 10.7. The van der Waals surface area contributed by atoms with E-state index in [-0.39, 0.29) is 11.9 Å². The van der Waals surface area contributed by atoms with Gasteiger partial charge in [0, 0.05) is 0 Å². The number of benzene rings is 2. The van der Waals surface area contributed by atoms with Gasteiger partial charge in [0.2, 0.25) is 0 Å². The average Bonchev–Trinajstić information content (AvgIpc) is 3.11. The maximum atomic E-state index is 11.7. The van der Waals surface area contributed by atoms with Gasteiger partial charge in [-0.1, -0.05) is 71.9 Å². The molecule has 1 atom stereocenters. The Morgan fingerprint density at radius 2 is 1.51 bits per heavy atom. The first-order chi connectivity index (χ1) is 17.8. The van der Waals surface area contributed by atoms with Crippen LogP contribution in [-0.4, -0.2) is 19.2 Å². The second kappa shape index (κ2) is 14.4. The molecule has 202 valence electrons. The van der Waals surface area contributed by atoms with E-state index in [9.17, 15) is 4.79 Å². The number of carbonyl (C=O) groups is 1. The normalized spacial score (nSPS) is 14.2. The van der Waals surface area contributed by atoms with Crippen molar-refractivity contribution in [1.29, 1.82) is 0 Å². The maximum Gasteiger partial charge on any atom is 0.308 e. The van der Waals surface area contributed by atoms with Gasteiger partial charge in [0.1, 0.15) is 5.75 Å². The van der Waals surface area contributed by atoms with Gasteiger partial charge in [0.05, 0.1) is 19.1 Å². The van der Waals surface area contributed by atoms with Gasteiger partial charge in [0.15, 0.2) is 0 Å². The fraction of sp³-hybridized carbons (Fsp3) is 0.559. The van der Waals surface area contributed by atoms with Crippen molar-refractivity contribution in [2.75, 3.05) is 13.2 Å². The number of unbranched alkanes of at least 4 members (excludes halogenated alkanes) is 3. The molecule has 0 bridgehead atoms.